The largest absolute Gasteiger partial charge is 0.481 e. The maximum absolute atomic E-state index is 13.7. The van der Waals surface area contributed by atoms with Gasteiger partial charge in [0, 0.05) is 11.6 Å². The second-order valence-electron chi connectivity index (χ2n) is 3.98. The van der Waals surface area contributed by atoms with Crippen LogP contribution < -0.4 is 0 Å². The van der Waals surface area contributed by atoms with Crippen LogP contribution in [0.3, 0.4) is 0 Å². The summed E-state index contributed by atoms with van der Waals surface area (Å²) in [6, 6.07) is 8.15. The number of aliphatic hydroxyl groups is 1. The molecule has 18 heavy (non-hydrogen) atoms. The van der Waals surface area contributed by atoms with E-state index in [1.807, 2.05) is 0 Å². The van der Waals surface area contributed by atoms with Crippen molar-refractivity contribution in [1.82, 2.24) is 0 Å². The summed E-state index contributed by atoms with van der Waals surface area (Å²) in [6.45, 7) is 0. The number of allylic oxidation sites excluding steroid dienone is 2. The number of carboxylic acid groups (broad SMARTS) is 1. The van der Waals surface area contributed by atoms with Crippen LogP contribution in [0.1, 0.15) is 5.56 Å². The van der Waals surface area contributed by atoms with Crippen molar-refractivity contribution in [2.45, 2.75) is 5.85 Å². The maximum Gasteiger partial charge on any atom is 0.316 e. The monoisotopic (exact) mass is 252 g/mol. The van der Waals surface area contributed by atoms with Crippen molar-refractivity contribution < 1.29 is 23.8 Å². The molecule has 0 radical (unpaired) electrons. The van der Waals surface area contributed by atoms with Crippen molar-refractivity contribution in [2.24, 2.45) is 5.92 Å². The molecule has 1 aromatic rings. The summed E-state index contributed by atoms with van der Waals surface area (Å²) in [5.41, 5.74) is 0.387. The van der Waals surface area contributed by atoms with E-state index in [0.717, 1.165) is 6.08 Å². The van der Waals surface area contributed by atoms with Crippen LogP contribution in [0.15, 0.2) is 48.3 Å². The Bertz CT molecular complexity index is 532. The zero-order valence-electron chi connectivity index (χ0n) is 9.18. The Kier molecular flexibility index (Phi) is 3.00. The summed E-state index contributed by atoms with van der Waals surface area (Å²) in [4.78, 5) is 10.9. The van der Waals surface area contributed by atoms with E-state index in [0.29, 0.717) is 5.56 Å². The van der Waals surface area contributed by atoms with Gasteiger partial charge in [0.25, 0.3) is 0 Å². The van der Waals surface area contributed by atoms with E-state index >= 15 is 0 Å². The summed E-state index contributed by atoms with van der Waals surface area (Å²) < 4.78 is 27.2. The van der Waals surface area contributed by atoms with Gasteiger partial charge in [0.2, 0.25) is 5.85 Å². The molecule has 0 aromatic heterocycles. The summed E-state index contributed by atoms with van der Waals surface area (Å²) in [7, 11) is 0. The lowest BCUT2D eigenvalue weighted by molar-refractivity contribution is -0.156. The summed E-state index contributed by atoms with van der Waals surface area (Å²) in [6.07, 6.45) is 1.17. The quantitative estimate of drug-likeness (QED) is 0.849. The third-order valence-corrected chi connectivity index (χ3v) is 2.71. The fraction of sp³-hybridized carbons (Fsp3) is 0.154. The molecule has 0 amide bonds. The van der Waals surface area contributed by atoms with Crippen LogP contribution in [-0.4, -0.2) is 22.0 Å². The normalized spacial score (nSPS) is 27.4. The third kappa shape index (κ3) is 2.17. The van der Waals surface area contributed by atoms with Crippen LogP contribution in [0.25, 0.3) is 5.57 Å². The standard InChI is InChI=1S/C13H10F2O3/c14-11-7-13(15,18)10(12(16)17)6-9(11)8-4-2-1-3-5-8/h1-7,10,18H,(H,16,17). The van der Waals surface area contributed by atoms with Crippen LogP contribution in [0.2, 0.25) is 0 Å². The Morgan fingerprint density at radius 1 is 1.28 bits per heavy atom. The lowest BCUT2D eigenvalue weighted by Gasteiger charge is -2.25. The van der Waals surface area contributed by atoms with Crippen molar-refractivity contribution in [1.29, 1.82) is 0 Å². The average Bonchev–Trinajstić information content (AvgIpc) is 2.28. The number of hydrogen-bond acceptors (Lipinski definition) is 2. The topological polar surface area (TPSA) is 57.5 Å². The maximum atomic E-state index is 13.7. The number of alkyl halides is 1. The molecule has 2 N–H and O–H groups in total. The number of aliphatic carboxylic acids is 1. The number of rotatable bonds is 2. The summed E-state index contributed by atoms with van der Waals surface area (Å²) in [5, 5.41) is 18.1. The fourth-order valence-corrected chi connectivity index (χ4v) is 1.80. The number of benzene rings is 1. The van der Waals surface area contributed by atoms with E-state index in [-0.39, 0.29) is 11.6 Å². The molecule has 3 nitrogen and oxygen atoms in total. The van der Waals surface area contributed by atoms with E-state index < -0.39 is 23.6 Å². The first-order valence-corrected chi connectivity index (χ1v) is 5.22. The minimum Gasteiger partial charge on any atom is -0.481 e. The minimum atomic E-state index is -3.21. The van der Waals surface area contributed by atoms with Gasteiger partial charge >= 0.3 is 5.97 Å². The SMILES string of the molecule is O=C(O)C1C=C(c2ccccc2)C(F)=CC1(O)F. The van der Waals surface area contributed by atoms with Crippen LogP contribution in [0.4, 0.5) is 8.78 Å². The first kappa shape index (κ1) is 12.4. The molecule has 1 aliphatic rings. The third-order valence-electron chi connectivity index (χ3n) is 2.71. The smallest absolute Gasteiger partial charge is 0.316 e. The molecule has 0 bridgehead atoms. The van der Waals surface area contributed by atoms with E-state index in [4.69, 9.17) is 5.11 Å². The van der Waals surface area contributed by atoms with Gasteiger partial charge in [0.05, 0.1) is 0 Å². The van der Waals surface area contributed by atoms with Crippen LogP contribution in [0, 0.1) is 5.92 Å². The Hall–Kier alpha value is -2.01. The molecular weight excluding hydrogens is 242 g/mol. The molecule has 2 atom stereocenters. The second kappa shape index (κ2) is 4.34. The first-order chi connectivity index (χ1) is 8.42. The van der Waals surface area contributed by atoms with Gasteiger partial charge < -0.3 is 10.2 Å². The Balaban J connectivity index is 2.49. The van der Waals surface area contributed by atoms with E-state index in [1.54, 1.807) is 30.3 Å². The molecule has 5 heteroatoms. The zero-order valence-corrected chi connectivity index (χ0v) is 9.18. The molecule has 0 saturated heterocycles. The van der Waals surface area contributed by atoms with Crippen LogP contribution in [-0.2, 0) is 4.79 Å². The molecule has 2 unspecified atom stereocenters. The predicted octanol–water partition coefficient (Wildman–Crippen LogP) is 2.30. The number of carbonyl (C=O) groups is 1. The molecular formula is C13H10F2O3. The van der Waals surface area contributed by atoms with Crippen molar-refractivity contribution in [3.63, 3.8) is 0 Å². The highest BCUT2D eigenvalue weighted by Gasteiger charge is 2.43. The van der Waals surface area contributed by atoms with E-state index in [1.165, 1.54) is 0 Å². The number of carboxylic acids is 1. The predicted molar refractivity (Wildman–Crippen MR) is 60.8 cm³/mol. The highest BCUT2D eigenvalue weighted by atomic mass is 19.2. The fourth-order valence-electron chi connectivity index (χ4n) is 1.80. The van der Waals surface area contributed by atoms with Crippen molar-refractivity contribution in [3.8, 4) is 0 Å². The lowest BCUT2D eigenvalue weighted by atomic mass is 9.88. The highest BCUT2D eigenvalue weighted by Crippen LogP contribution is 2.37. The molecule has 1 aromatic carbocycles. The summed E-state index contributed by atoms with van der Waals surface area (Å²) in [5.74, 6) is -7.58. The van der Waals surface area contributed by atoms with Crippen molar-refractivity contribution in [3.05, 3.63) is 53.9 Å². The van der Waals surface area contributed by atoms with Gasteiger partial charge in [0.1, 0.15) is 11.7 Å². The molecule has 94 valence electrons. The Morgan fingerprint density at radius 3 is 2.44 bits per heavy atom. The minimum absolute atomic E-state index is 0.0367. The second-order valence-corrected chi connectivity index (χ2v) is 3.98. The van der Waals surface area contributed by atoms with Gasteiger partial charge in [-0.2, -0.15) is 0 Å². The van der Waals surface area contributed by atoms with Gasteiger partial charge in [-0.05, 0) is 5.56 Å². The van der Waals surface area contributed by atoms with Crippen LogP contribution in [0.5, 0.6) is 0 Å². The highest BCUT2D eigenvalue weighted by molar-refractivity contribution is 5.85. The average molecular weight is 252 g/mol. The zero-order chi connectivity index (χ0) is 13.3. The molecule has 0 saturated carbocycles. The summed E-state index contributed by atoms with van der Waals surface area (Å²) >= 11 is 0. The first-order valence-electron chi connectivity index (χ1n) is 5.22. The molecule has 2 rings (SSSR count). The lowest BCUT2D eigenvalue weighted by Crippen LogP contribution is -2.37. The molecule has 0 spiro atoms. The molecule has 0 aliphatic heterocycles. The van der Waals surface area contributed by atoms with Gasteiger partial charge in [-0.1, -0.05) is 36.4 Å². The van der Waals surface area contributed by atoms with Gasteiger partial charge in [-0.15, -0.1) is 0 Å². The van der Waals surface area contributed by atoms with Gasteiger partial charge in [-0.3, -0.25) is 4.79 Å². The van der Waals surface area contributed by atoms with E-state index in [2.05, 4.69) is 0 Å². The number of halogens is 2. The van der Waals surface area contributed by atoms with Gasteiger partial charge in [-0.25, -0.2) is 8.78 Å². The Labute approximate surface area is 102 Å². The van der Waals surface area contributed by atoms with Crippen molar-refractivity contribution >= 4 is 11.5 Å². The Morgan fingerprint density at radius 2 is 1.89 bits per heavy atom. The van der Waals surface area contributed by atoms with Crippen molar-refractivity contribution in [2.75, 3.05) is 0 Å². The van der Waals surface area contributed by atoms with Gasteiger partial charge in [0.15, 0.2) is 0 Å². The van der Waals surface area contributed by atoms with E-state index in [9.17, 15) is 18.7 Å². The molecule has 0 heterocycles. The van der Waals surface area contributed by atoms with Crippen LogP contribution >= 0.6 is 0 Å². The molecule has 0 fully saturated rings. The number of hydrogen-bond donors (Lipinski definition) is 2. The molecule has 1 aliphatic carbocycles.